The molecule has 0 radical (unpaired) electrons. The molecule has 11 heteroatoms. The molecule has 1 amide bonds. The zero-order chi connectivity index (χ0) is 27.1. The number of aromatic nitrogens is 1. The maximum atomic E-state index is 13.3. The Hall–Kier alpha value is -2.68. The van der Waals surface area contributed by atoms with Crippen molar-refractivity contribution in [1.29, 1.82) is 5.26 Å². The van der Waals surface area contributed by atoms with E-state index in [2.05, 4.69) is 11.0 Å². The molecular formula is C26H34N4O5S2. The quantitative estimate of drug-likeness (QED) is 0.189. The number of thiocarbonyl (C=S) groups is 1. The van der Waals surface area contributed by atoms with Crippen LogP contribution in [-0.4, -0.2) is 65.6 Å². The van der Waals surface area contributed by atoms with Gasteiger partial charge in [-0.05, 0) is 51.2 Å². The lowest BCUT2D eigenvalue weighted by atomic mass is 9.95. The van der Waals surface area contributed by atoms with Gasteiger partial charge in [-0.3, -0.25) is 23.9 Å². The van der Waals surface area contributed by atoms with Crippen LogP contribution in [0.2, 0.25) is 0 Å². The van der Waals surface area contributed by atoms with E-state index in [9.17, 15) is 19.6 Å². The molecule has 2 saturated heterocycles. The van der Waals surface area contributed by atoms with E-state index in [1.165, 1.54) is 11.8 Å². The average molecular weight is 547 g/mol. The Morgan fingerprint density at radius 1 is 1.24 bits per heavy atom. The van der Waals surface area contributed by atoms with Gasteiger partial charge in [-0.15, -0.1) is 0 Å². The summed E-state index contributed by atoms with van der Waals surface area (Å²) in [7, 11) is 1.61. The lowest BCUT2D eigenvalue weighted by Crippen LogP contribution is -2.41. The molecule has 2 aliphatic heterocycles. The smallest absolute Gasteiger partial charge is 0.309 e. The lowest BCUT2D eigenvalue weighted by Gasteiger charge is -2.35. The van der Waals surface area contributed by atoms with Crippen molar-refractivity contribution in [2.75, 3.05) is 44.9 Å². The summed E-state index contributed by atoms with van der Waals surface area (Å²) in [6.45, 7) is 8.38. The number of nitrogens with zero attached hydrogens (tertiary/aromatic N) is 4. The summed E-state index contributed by atoms with van der Waals surface area (Å²) in [6.07, 6.45) is 4.32. The van der Waals surface area contributed by atoms with Gasteiger partial charge in [0, 0.05) is 45.5 Å². The topological polar surface area (TPSA) is 105 Å². The number of carbonyl (C=O) groups excluding carboxylic acids is 2. The molecule has 1 aromatic heterocycles. The Balaban J connectivity index is 2.07. The van der Waals surface area contributed by atoms with Gasteiger partial charge in [-0.1, -0.05) is 30.9 Å². The van der Waals surface area contributed by atoms with Crippen LogP contribution in [0.4, 0.5) is 5.82 Å². The average Bonchev–Trinajstić information content (AvgIpc) is 3.15. The molecule has 3 heterocycles. The Morgan fingerprint density at radius 2 is 1.95 bits per heavy atom. The third-order valence-electron chi connectivity index (χ3n) is 6.59. The number of methoxy groups -OCH3 is 1. The van der Waals surface area contributed by atoms with Crippen molar-refractivity contribution >= 4 is 52.1 Å². The van der Waals surface area contributed by atoms with Crippen molar-refractivity contribution in [3.05, 3.63) is 31.9 Å². The second-order valence-electron chi connectivity index (χ2n) is 9.00. The van der Waals surface area contributed by atoms with Crippen molar-refractivity contribution in [2.45, 2.75) is 53.0 Å². The Bertz CT molecular complexity index is 1180. The number of rotatable bonds is 10. The molecule has 3 rings (SSSR count). The van der Waals surface area contributed by atoms with E-state index < -0.39 is 0 Å². The van der Waals surface area contributed by atoms with Crippen LogP contribution in [0, 0.1) is 24.2 Å². The van der Waals surface area contributed by atoms with Crippen molar-refractivity contribution in [1.82, 2.24) is 9.47 Å². The minimum absolute atomic E-state index is 0.0698. The van der Waals surface area contributed by atoms with E-state index in [-0.39, 0.29) is 28.9 Å². The van der Waals surface area contributed by atoms with Crippen molar-refractivity contribution < 1.29 is 19.1 Å². The van der Waals surface area contributed by atoms with Gasteiger partial charge in [-0.2, -0.15) is 5.26 Å². The molecule has 0 saturated carbocycles. The van der Waals surface area contributed by atoms with Crippen molar-refractivity contribution in [3.63, 3.8) is 0 Å². The molecule has 0 atom stereocenters. The summed E-state index contributed by atoms with van der Waals surface area (Å²) in [5.74, 6) is 0.106. The van der Waals surface area contributed by atoms with Crippen molar-refractivity contribution in [2.24, 2.45) is 5.92 Å². The number of hydrogen-bond acceptors (Lipinski definition) is 9. The summed E-state index contributed by atoms with van der Waals surface area (Å²) in [4.78, 5) is 43.0. The number of thioether (sulfide) groups is 1. The number of carbonyl (C=O) groups is 2. The second-order valence-corrected chi connectivity index (χ2v) is 10.7. The minimum atomic E-state index is -0.339. The van der Waals surface area contributed by atoms with Crippen LogP contribution in [0.15, 0.2) is 9.70 Å². The zero-order valence-corrected chi connectivity index (χ0v) is 23.5. The second kappa shape index (κ2) is 13.2. The molecule has 0 aromatic carbocycles. The fourth-order valence-electron chi connectivity index (χ4n) is 4.69. The van der Waals surface area contributed by atoms with E-state index >= 15 is 0 Å². The molecule has 0 aliphatic carbocycles. The monoisotopic (exact) mass is 546 g/mol. The molecule has 9 nitrogen and oxygen atoms in total. The number of pyridine rings is 1. The standard InChI is InChI=1S/C26H34N4O5S2/c1-5-10-29-22(28-12-8-18(9-13-28)25(33)35-6-2)19(17(3)20(16-27)23(29)31)15-21-24(32)30(26(36)37-21)11-7-14-34-4/h15,18H,5-14H2,1-4H3/b21-15-. The van der Waals surface area contributed by atoms with Crippen LogP contribution in [0.1, 0.15) is 56.2 Å². The summed E-state index contributed by atoms with van der Waals surface area (Å²) < 4.78 is 12.4. The van der Waals surface area contributed by atoms with Gasteiger partial charge >= 0.3 is 5.97 Å². The highest BCUT2D eigenvalue weighted by Crippen LogP contribution is 2.37. The Labute approximate surface area is 227 Å². The number of nitriles is 1. The van der Waals surface area contributed by atoms with Gasteiger partial charge in [0.1, 0.15) is 21.8 Å². The third kappa shape index (κ3) is 6.25. The van der Waals surface area contributed by atoms with Gasteiger partial charge in [0.2, 0.25) is 0 Å². The highest BCUT2D eigenvalue weighted by atomic mass is 32.2. The van der Waals surface area contributed by atoms with Gasteiger partial charge < -0.3 is 14.4 Å². The maximum absolute atomic E-state index is 13.3. The normalized spacial score (nSPS) is 17.5. The molecule has 2 aliphatic rings. The van der Waals surface area contributed by atoms with Gasteiger partial charge in [0.05, 0.1) is 17.4 Å². The maximum Gasteiger partial charge on any atom is 0.309 e. The number of esters is 1. The molecule has 1 aromatic rings. The molecule has 0 bridgehead atoms. The summed E-state index contributed by atoms with van der Waals surface area (Å²) in [6, 6.07) is 2.07. The predicted octanol–water partition coefficient (Wildman–Crippen LogP) is 3.46. The molecule has 37 heavy (non-hydrogen) atoms. The first-order valence-corrected chi connectivity index (χ1v) is 13.8. The summed E-state index contributed by atoms with van der Waals surface area (Å²) in [5, 5.41) is 9.82. The molecule has 200 valence electrons. The number of ether oxygens (including phenoxy) is 2. The first kappa shape index (κ1) is 28.9. The lowest BCUT2D eigenvalue weighted by molar-refractivity contribution is -0.148. The fraction of sp³-hybridized carbons (Fsp3) is 0.577. The third-order valence-corrected chi connectivity index (χ3v) is 7.97. The zero-order valence-electron chi connectivity index (χ0n) is 21.9. The van der Waals surface area contributed by atoms with Gasteiger partial charge in [-0.25, -0.2) is 0 Å². The Morgan fingerprint density at radius 3 is 2.54 bits per heavy atom. The molecular weight excluding hydrogens is 512 g/mol. The first-order valence-electron chi connectivity index (χ1n) is 12.6. The van der Waals surface area contributed by atoms with Gasteiger partial charge in [0.15, 0.2) is 0 Å². The number of amides is 1. The van der Waals surface area contributed by atoms with E-state index in [1.54, 1.807) is 36.5 Å². The van der Waals surface area contributed by atoms with Crippen LogP contribution in [-0.2, 0) is 25.6 Å². The van der Waals surface area contributed by atoms with Crippen LogP contribution in [0.3, 0.4) is 0 Å². The number of hydrogen-bond donors (Lipinski definition) is 0. The van der Waals surface area contributed by atoms with E-state index in [1.807, 2.05) is 6.92 Å². The van der Waals surface area contributed by atoms with Crippen LogP contribution in [0.25, 0.3) is 6.08 Å². The van der Waals surface area contributed by atoms with E-state index in [0.717, 1.165) is 0 Å². The highest BCUT2D eigenvalue weighted by molar-refractivity contribution is 8.26. The van der Waals surface area contributed by atoms with Crippen LogP contribution in [0.5, 0.6) is 0 Å². The molecule has 0 spiro atoms. The Kier molecular flexibility index (Phi) is 10.3. The van der Waals surface area contributed by atoms with Crippen molar-refractivity contribution in [3.8, 4) is 6.07 Å². The predicted molar refractivity (Wildman–Crippen MR) is 148 cm³/mol. The molecule has 2 fully saturated rings. The number of piperidine rings is 1. The fourth-order valence-corrected chi connectivity index (χ4v) is 5.98. The van der Waals surface area contributed by atoms with Crippen LogP contribution >= 0.6 is 24.0 Å². The highest BCUT2D eigenvalue weighted by Gasteiger charge is 2.34. The molecule has 0 N–H and O–H groups in total. The largest absolute Gasteiger partial charge is 0.466 e. The molecule has 0 unspecified atom stereocenters. The SMILES string of the molecule is CCCn1c(N2CCC(C(=O)OCC)CC2)c(/C=C2\SC(=S)N(CCCOC)C2=O)c(C)c(C#N)c1=O. The summed E-state index contributed by atoms with van der Waals surface area (Å²) in [5.41, 5.74) is 0.928. The summed E-state index contributed by atoms with van der Waals surface area (Å²) >= 11 is 6.69. The van der Waals surface area contributed by atoms with E-state index in [4.69, 9.17) is 21.7 Å². The van der Waals surface area contributed by atoms with E-state index in [0.29, 0.717) is 91.2 Å². The minimum Gasteiger partial charge on any atom is -0.466 e. The first-order chi connectivity index (χ1) is 17.8. The van der Waals surface area contributed by atoms with Crippen LogP contribution < -0.4 is 10.5 Å². The number of anilines is 1. The van der Waals surface area contributed by atoms with Gasteiger partial charge in [0.25, 0.3) is 11.5 Å².